The Morgan fingerprint density at radius 2 is 2.00 bits per heavy atom. The number of halogens is 1. The van der Waals surface area contributed by atoms with Crippen LogP contribution in [0, 0.1) is 13.8 Å². The van der Waals surface area contributed by atoms with E-state index >= 15 is 0 Å². The van der Waals surface area contributed by atoms with Crippen LogP contribution in [0.1, 0.15) is 11.1 Å². The van der Waals surface area contributed by atoms with Crippen molar-refractivity contribution < 1.29 is 0 Å². The Morgan fingerprint density at radius 1 is 1.30 bits per heavy atom. The molecule has 0 aliphatic heterocycles. The average molecular weight is 200 g/mol. The molecule has 0 unspecified atom stereocenters. The monoisotopic (exact) mass is 199 g/mol. The van der Waals surface area contributed by atoms with Crippen LogP contribution in [-0.4, -0.2) is 0 Å². The van der Waals surface area contributed by atoms with E-state index in [0.29, 0.717) is 0 Å². The Bertz CT molecular complexity index is 233. The highest BCUT2D eigenvalue weighted by atomic mass is 79.9. The summed E-state index contributed by atoms with van der Waals surface area (Å²) in [6, 6.07) is 6.30. The number of hydrogen-bond donors (Lipinski definition) is 1. The third kappa shape index (κ3) is 1.51. The lowest BCUT2D eigenvalue weighted by Gasteiger charge is -2.02. The van der Waals surface area contributed by atoms with Crippen molar-refractivity contribution in [3.05, 3.63) is 29.3 Å². The fraction of sp³-hybridized carbons (Fsp3) is 0.250. The lowest BCUT2D eigenvalue weighted by molar-refractivity contribution is 1.40. The zero-order chi connectivity index (χ0) is 7.56. The maximum absolute atomic E-state index is 3.19. The Balaban J connectivity index is 3.09. The van der Waals surface area contributed by atoms with Gasteiger partial charge in [-0.05, 0) is 31.0 Å². The standard InChI is InChI=1S/C8H10BrN/c1-6-3-4-7(2)8(5-6)10-9/h3-5,10H,1-2H3. The van der Waals surface area contributed by atoms with Crippen molar-refractivity contribution in [2.45, 2.75) is 13.8 Å². The SMILES string of the molecule is Cc1ccc(C)c(NBr)c1. The van der Waals surface area contributed by atoms with E-state index in [9.17, 15) is 0 Å². The molecule has 1 N–H and O–H groups in total. The number of nitrogens with one attached hydrogen (secondary N) is 1. The highest BCUT2D eigenvalue weighted by molar-refractivity contribution is 9.10. The lowest BCUT2D eigenvalue weighted by atomic mass is 10.1. The summed E-state index contributed by atoms with van der Waals surface area (Å²) in [6.07, 6.45) is 0. The fourth-order valence-corrected chi connectivity index (χ4v) is 1.26. The van der Waals surface area contributed by atoms with Crippen LogP contribution in [0.5, 0.6) is 0 Å². The van der Waals surface area contributed by atoms with E-state index in [2.05, 4.69) is 52.5 Å². The van der Waals surface area contributed by atoms with Crippen LogP contribution in [0.15, 0.2) is 18.2 Å². The summed E-state index contributed by atoms with van der Waals surface area (Å²) in [5.74, 6) is 0. The molecule has 0 aliphatic carbocycles. The highest BCUT2D eigenvalue weighted by Crippen LogP contribution is 2.16. The van der Waals surface area contributed by atoms with Gasteiger partial charge in [0.1, 0.15) is 0 Å². The first-order valence-electron chi connectivity index (χ1n) is 3.18. The first-order chi connectivity index (χ1) is 4.74. The second kappa shape index (κ2) is 3.06. The molecule has 0 saturated heterocycles. The molecule has 0 saturated carbocycles. The topological polar surface area (TPSA) is 12.0 Å². The Morgan fingerprint density at radius 3 is 2.50 bits per heavy atom. The zero-order valence-corrected chi connectivity index (χ0v) is 7.70. The normalized spacial score (nSPS) is 9.50. The molecule has 1 aromatic rings. The fourth-order valence-electron chi connectivity index (χ4n) is 0.838. The minimum Gasteiger partial charge on any atom is -0.322 e. The van der Waals surface area contributed by atoms with Crippen molar-refractivity contribution in [1.82, 2.24) is 0 Å². The van der Waals surface area contributed by atoms with Crippen molar-refractivity contribution in [2.75, 3.05) is 4.34 Å². The van der Waals surface area contributed by atoms with Gasteiger partial charge in [0.2, 0.25) is 0 Å². The maximum Gasteiger partial charge on any atom is 0.0472 e. The Hall–Kier alpha value is -0.500. The molecule has 0 fully saturated rings. The summed E-state index contributed by atoms with van der Waals surface area (Å²) in [6.45, 7) is 4.15. The molecule has 0 amide bonds. The zero-order valence-electron chi connectivity index (χ0n) is 6.11. The van der Waals surface area contributed by atoms with E-state index in [0.717, 1.165) is 5.69 Å². The minimum absolute atomic E-state index is 1.14. The van der Waals surface area contributed by atoms with Crippen LogP contribution in [0.2, 0.25) is 0 Å². The predicted molar refractivity (Wildman–Crippen MR) is 48.5 cm³/mol. The summed E-state index contributed by atoms with van der Waals surface area (Å²) in [7, 11) is 0. The minimum atomic E-state index is 1.14. The lowest BCUT2D eigenvalue weighted by Crippen LogP contribution is -1.84. The van der Waals surface area contributed by atoms with Gasteiger partial charge in [-0.1, -0.05) is 12.1 Å². The number of benzene rings is 1. The molecule has 0 aliphatic rings. The number of aryl methyl sites for hydroxylation is 2. The molecular formula is C8H10BrN. The van der Waals surface area contributed by atoms with E-state index < -0.39 is 0 Å². The molecule has 0 radical (unpaired) electrons. The van der Waals surface area contributed by atoms with Crippen molar-refractivity contribution in [3.8, 4) is 0 Å². The molecule has 0 aromatic heterocycles. The quantitative estimate of drug-likeness (QED) is 0.687. The van der Waals surface area contributed by atoms with Crippen molar-refractivity contribution in [2.24, 2.45) is 0 Å². The van der Waals surface area contributed by atoms with Gasteiger partial charge in [-0.2, -0.15) is 0 Å². The van der Waals surface area contributed by atoms with Gasteiger partial charge < -0.3 is 4.34 Å². The molecule has 0 heterocycles. The van der Waals surface area contributed by atoms with Gasteiger partial charge in [0, 0.05) is 21.8 Å². The van der Waals surface area contributed by atoms with Crippen LogP contribution in [0.3, 0.4) is 0 Å². The van der Waals surface area contributed by atoms with Crippen molar-refractivity contribution >= 4 is 21.8 Å². The van der Waals surface area contributed by atoms with Crippen LogP contribution in [-0.2, 0) is 0 Å². The van der Waals surface area contributed by atoms with E-state index in [4.69, 9.17) is 0 Å². The first kappa shape index (κ1) is 7.61. The van der Waals surface area contributed by atoms with E-state index in [1.165, 1.54) is 11.1 Å². The van der Waals surface area contributed by atoms with Gasteiger partial charge >= 0.3 is 0 Å². The molecule has 1 aromatic carbocycles. The Labute approximate surface area is 69.8 Å². The maximum atomic E-state index is 3.19. The summed E-state index contributed by atoms with van der Waals surface area (Å²) >= 11 is 3.19. The van der Waals surface area contributed by atoms with Crippen molar-refractivity contribution in [3.63, 3.8) is 0 Å². The molecular weight excluding hydrogens is 190 g/mol. The van der Waals surface area contributed by atoms with Crippen LogP contribution < -0.4 is 4.34 Å². The molecule has 1 nitrogen and oxygen atoms in total. The molecule has 10 heavy (non-hydrogen) atoms. The van der Waals surface area contributed by atoms with Crippen molar-refractivity contribution in [1.29, 1.82) is 0 Å². The van der Waals surface area contributed by atoms with Gasteiger partial charge in [-0.15, -0.1) is 0 Å². The summed E-state index contributed by atoms with van der Waals surface area (Å²) < 4.78 is 2.95. The summed E-state index contributed by atoms with van der Waals surface area (Å²) in [5, 5.41) is 0. The second-order valence-corrected chi connectivity index (χ2v) is 2.81. The number of anilines is 1. The third-order valence-electron chi connectivity index (χ3n) is 1.49. The highest BCUT2D eigenvalue weighted by Gasteiger charge is 1.93. The van der Waals surface area contributed by atoms with Gasteiger partial charge in [-0.25, -0.2) is 0 Å². The average Bonchev–Trinajstić information content (AvgIpc) is 1.94. The molecule has 54 valence electrons. The number of hydrogen-bond acceptors (Lipinski definition) is 1. The molecule has 1 rings (SSSR count). The van der Waals surface area contributed by atoms with E-state index in [1.54, 1.807) is 0 Å². The largest absolute Gasteiger partial charge is 0.322 e. The Kier molecular flexibility index (Phi) is 2.33. The second-order valence-electron chi connectivity index (χ2n) is 2.41. The molecule has 2 heteroatoms. The molecule has 0 spiro atoms. The van der Waals surface area contributed by atoms with E-state index in [1.807, 2.05) is 0 Å². The van der Waals surface area contributed by atoms with Gasteiger partial charge in [0.15, 0.2) is 0 Å². The van der Waals surface area contributed by atoms with Gasteiger partial charge in [-0.3, -0.25) is 0 Å². The number of rotatable bonds is 1. The van der Waals surface area contributed by atoms with Crippen LogP contribution in [0.25, 0.3) is 0 Å². The van der Waals surface area contributed by atoms with Crippen LogP contribution in [0.4, 0.5) is 5.69 Å². The first-order valence-corrected chi connectivity index (χ1v) is 3.97. The van der Waals surface area contributed by atoms with Gasteiger partial charge in [0.05, 0.1) is 0 Å². The smallest absolute Gasteiger partial charge is 0.0472 e. The summed E-state index contributed by atoms with van der Waals surface area (Å²) in [5.41, 5.74) is 3.66. The molecule has 0 atom stereocenters. The van der Waals surface area contributed by atoms with E-state index in [-0.39, 0.29) is 0 Å². The predicted octanol–water partition coefficient (Wildman–Crippen LogP) is 3.03. The van der Waals surface area contributed by atoms with Gasteiger partial charge in [0.25, 0.3) is 0 Å². The summed E-state index contributed by atoms with van der Waals surface area (Å²) in [4.78, 5) is 0. The third-order valence-corrected chi connectivity index (χ3v) is 1.92. The molecule has 0 bridgehead atoms. The van der Waals surface area contributed by atoms with Crippen LogP contribution >= 0.6 is 16.1 Å².